The zero-order chi connectivity index (χ0) is 17.3. The molecule has 0 atom stereocenters. The van der Waals surface area contributed by atoms with Gasteiger partial charge in [-0.1, -0.05) is 0 Å². The first-order valence-electron chi connectivity index (χ1n) is 5.11. The van der Waals surface area contributed by atoms with Crippen molar-refractivity contribution in [3.05, 3.63) is 34.4 Å². The third-order valence-corrected chi connectivity index (χ3v) is 2.34. The number of rotatable bonds is 3. The second-order valence-electron chi connectivity index (χ2n) is 3.82. The van der Waals surface area contributed by atoms with Crippen molar-refractivity contribution in [3.63, 3.8) is 0 Å². The number of esters is 1. The zero-order valence-corrected chi connectivity index (χ0v) is 10.1. The van der Waals surface area contributed by atoms with E-state index >= 15 is 0 Å². The van der Waals surface area contributed by atoms with Crippen LogP contribution in [0.2, 0.25) is 0 Å². The van der Waals surface area contributed by atoms with Gasteiger partial charge in [-0.3, -0.25) is 14.9 Å². The molecular weight excluding hydrogens is 328 g/mol. The molecule has 0 spiro atoms. The number of non-ortho nitro benzene ring substituents is 1. The number of nitro groups is 1. The van der Waals surface area contributed by atoms with Gasteiger partial charge in [0, 0.05) is 12.1 Å². The lowest BCUT2D eigenvalue weighted by atomic mass is 10.0. The van der Waals surface area contributed by atoms with Crippen LogP contribution in [0.15, 0.2) is 24.3 Å². The van der Waals surface area contributed by atoms with Crippen molar-refractivity contribution in [1.29, 1.82) is 0 Å². The van der Waals surface area contributed by atoms with Crippen LogP contribution in [0.25, 0.3) is 0 Å². The maximum atomic E-state index is 12.3. The Morgan fingerprint density at radius 2 is 1.41 bits per heavy atom. The summed E-state index contributed by atoms with van der Waals surface area (Å²) in [7, 11) is 0. The van der Waals surface area contributed by atoms with E-state index in [4.69, 9.17) is 0 Å². The van der Waals surface area contributed by atoms with E-state index < -0.39 is 40.3 Å². The number of hydrogen-bond acceptors (Lipinski definition) is 5. The third kappa shape index (κ3) is 3.10. The average Bonchev–Trinajstić information content (AvgIpc) is 2.35. The number of benzene rings is 1. The summed E-state index contributed by atoms with van der Waals surface area (Å²) >= 11 is 0. The van der Waals surface area contributed by atoms with E-state index in [-0.39, 0.29) is 0 Å². The molecule has 0 radical (unpaired) electrons. The van der Waals surface area contributed by atoms with Crippen LogP contribution in [0, 0.1) is 10.1 Å². The van der Waals surface area contributed by atoms with Gasteiger partial charge in [0.15, 0.2) is 5.60 Å². The first-order valence-corrected chi connectivity index (χ1v) is 5.11. The molecule has 1 rings (SSSR count). The fourth-order valence-electron chi connectivity index (χ4n) is 1.21. The molecule has 0 N–H and O–H groups in total. The Balaban J connectivity index is 3.10. The molecule has 12 heteroatoms. The fraction of sp³-hybridized carbons (Fsp3) is 0.300. The van der Waals surface area contributed by atoms with E-state index in [2.05, 4.69) is 4.74 Å². The van der Waals surface area contributed by atoms with Gasteiger partial charge < -0.3 is 9.84 Å². The SMILES string of the molecule is O=C(Oc1ccc([N+](=O)[O-])cc1)C([O-])(C(F)(F)F)C(F)(F)F. The summed E-state index contributed by atoms with van der Waals surface area (Å²) in [4.78, 5) is 20.4. The van der Waals surface area contributed by atoms with Gasteiger partial charge in [-0.2, -0.15) is 26.3 Å². The number of hydrogen-bond donors (Lipinski definition) is 0. The van der Waals surface area contributed by atoms with Crippen LogP contribution in [0.4, 0.5) is 32.0 Å². The Hall–Kier alpha value is -2.37. The van der Waals surface area contributed by atoms with Gasteiger partial charge in [0.2, 0.25) is 0 Å². The smallest absolute Gasteiger partial charge is 0.399 e. The molecule has 0 aliphatic rings. The molecule has 0 bridgehead atoms. The molecule has 122 valence electrons. The number of nitro benzene ring substituents is 1. The molecule has 0 saturated carbocycles. The van der Waals surface area contributed by atoms with E-state index in [1.165, 1.54) is 0 Å². The topological polar surface area (TPSA) is 92.5 Å². The molecule has 1 aromatic carbocycles. The summed E-state index contributed by atoms with van der Waals surface area (Å²) in [6.45, 7) is 0. The lowest BCUT2D eigenvalue weighted by Gasteiger charge is -2.39. The summed E-state index contributed by atoms with van der Waals surface area (Å²) in [6, 6.07) is 2.47. The predicted molar refractivity (Wildman–Crippen MR) is 53.6 cm³/mol. The summed E-state index contributed by atoms with van der Waals surface area (Å²) in [5, 5.41) is 21.3. The van der Waals surface area contributed by atoms with Gasteiger partial charge in [-0.05, 0) is 12.1 Å². The highest BCUT2D eigenvalue weighted by atomic mass is 19.4. The molecule has 0 fully saturated rings. The van der Waals surface area contributed by atoms with E-state index in [0.29, 0.717) is 24.3 Å². The largest absolute Gasteiger partial charge is 0.828 e. The van der Waals surface area contributed by atoms with E-state index in [1.54, 1.807) is 0 Å². The highest BCUT2D eigenvalue weighted by Crippen LogP contribution is 2.41. The molecule has 6 nitrogen and oxygen atoms in total. The van der Waals surface area contributed by atoms with Crippen molar-refractivity contribution in [2.45, 2.75) is 18.0 Å². The maximum Gasteiger partial charge on any atom is 0.399 e. The standard InChI is InChI=1S/C10H4F6NO5/c11-9(12,13)8(19,10(14,15)16)7(18)22-6-3-1-5(2-4-6)17(20)21/h1-4H/q-1. The zero-order valence-electron chi connectivity index (χ0n) is 10.1. The van der Waals surface area contributed by atoms with Crippen molar-refractivity contribution in [2.75, 3.05) is 0 Å². The summed E-state index contributed by atoms with van der Waals surface area (Å²) < 4.78 is 77.6. The Labute approximate surface area is 117 Å². The normalized spacial score (nSPS) is 12.9. The van der Waals surface area contributed by atoms with Crippen molar-refractivity contribution in [1.82, 2.24) is 0 Å². The Bertz CT molecular complexity index is 565. The van der Waals surface area contributed by atoms with E-state index in [1.807, 2.05) is 0 Å². The average molecular weight is 332 g/mol. The van der Waals surface area contributed by atoms with Crippen LogP contribution in [0.5, 0.6) is 5.75 Å². The molecule has 0 aliphatic heterocycles. The minimum absolute atomic E-state index is 0.556. The highest BCUT2D eigenvalue weighted by Gasteiger charge is 2.68. The third-order valence-electron chi connectivity index (χ3n) is 2.34. The highest BCUT2D eigenvalue weighted by molar-refractivity contribution is 5.83. The van der Waals surface area contributed by atoms with Gasteiger partial charge in [-0.15, -0.1) is 0 Å². The Morgan fingerprint density at radius 3 is 1.73 bits per heavy atom. The first kappa shape index (κ1) is 17.7. The molecule has 0 aromatic heterocycles. The summed E-state index contributed by atoms with van der Waals surface area (Å²) in [5.41, 5.74) is -6.53. The number of carbonyl (C=O) groups excluding carboxylic acids is 1. The number of ether oxygens (including phenoxy) is 1. The minimum atomic E-state index is -6.48. The molecule has 22 heavy (non-hydrogen) atoms. The lowest BCUT2D eigenvalue weighted by Crippen LogP contribution is -2.72. The van der Waals surface area contributed by atoms with Gasteiger partial charge >= 0.3 is 18.3 Å². The van der Waals surface area contributed by atoms with E-state index in [0.717, 1.165) is 0 Å². The summed E-state index contributed by atoms with van der Waals surface area (Å²) in [5.74, 6) is -4.02. The second kappa shape index (κ2) is 5.44. The second-order valence-corrected chi connectivity index (χ2v) is 3.82. The molecule has 0 saturated heterocycles. The molecule has 0 heterocycles. The van der Waals surface area contributed by atoms with Crippen molar-refractivity contribution < 1.29 is 45.9 Å². The van der Waals surface area contributed by atoms with Crippen LogP contribution in [-0.4, -0.2) is 28.8 Å². The maximum absolute atomic E-state index is 12.3. The molecule has 0 amide bonds. The van der Waals surface area contributed by atoms with Gasteiger partial charge in [-0.25, -0.2) is 0 Å². The predicted octanol–water partition coefficient (Wildman–Crippen LogP) is 1.72. The number of alkyl halides is 6. The van der Waals surface area contributed by atoms with Crippen LogP contribution in [0.3, 0.4) is 0 Å². The molecule has 0 unspecified atom stereocenters. The van der Waals surface area contributed by atoms with Crippen molar-refractivity contribution in [2.24, 2.45) is 0 Å². The molecule has 1 aromatic rings. The molecule has 0 aliphatic carbocycles. The van der Waals surface area contributed by atoms with Crippen molar-refractivity contribution in [3.8, 4) is 5.75 Å². The van der Waals surface area contributed by atoms with Crippen LogP contribution < -0.4 is 9.84 Å². The minimum Gasteiger partial charge on any atom is -0.828 e. The Kier molecular flexibility index (Phi) is 4.37. The number of nitrogens with zero attached hydrogens (tertiary/aromatic N) is 1. The number of carbonyl (C=O) groups is 1. The quantitative estimate of drug-likeness (QED) is 0.276. The van der Waals surface area contributed by atoms with E-state index in [9.17, 15) is 46.4 Å². The molecular formula is C10H4F6NO5-. The number of halogens is 6. The van der Waals surface area contributed by atoms with Crippen LogP contribution in [0.1, 0.15) is 0 Å². The fourth-order valence-corrected chi connectivity index (χ4v) is 1.21. The van der Waals surface area contributed by atoms with Gasteiger partial charge in [0.1, 0.15) is 5.75 Å². The van der Waals surface area contributed by atoms with Gasteiger partial charge in [0.25, 0.3) is 5.69 Å². The van der Waals surface area contributed by atoms with Gasteiger partial charge in [0.05, 0.1) is 4.92 Å². The van der Waals surface area contributed by atoms with Crippen molar-refractivity contribution >= 4 is 11.7 Å². The monoisotopic (exact) mass is 332 g/mol. The first-order chi connectivity index (χ1) is 9.80. The lowest BCUT2D eigenvalue weighted by molar-refractivity contribution is -0.573. The Morgan fingerprint density at radius 1 is 1.00 bits per heavy atom. The van der Waals surface area contributed by atoms with Crippen LogP contribution >= 0.6 is 0 Å². The summed E-state index contributed by atoms with van der Waals surface area (Å²) in [6.07, 6.45) is -13.0. The van der Waals surface area contributed by atoms with Crippen LogP contribution in [-0.2, 0) is 4.79 Å².